The molecule has 27 heteroatoms. The number of likely N-dealkylation sites (tertiary alicyclic amines) is 1. The number of hydrogen-bond donors (Lipinski definition) is 14. The van der Waals surface area contributed by atoms with E-state index in [9.17, 15) is 78.3 Å². The number of thioether (sulfide) groups is 1. The molecule has 0 spiro atoms. The van der Waals surface area contributed by atoms with E-state index in [0.29, 0.717) is 23.3 Å². The minimum atomic E-state index is -1.71. The van der Waals surface area contributed by atoms with Crippen molar-refractivity contribution in [2.45, 2.75) is 146 Å². The van der Waals surface area contributed by atoms with Crippen LogP contribution in [0.2, 0.25) is 0 Å². The first kappa shape index (κ1) is 65.8. The van der Waals surface area contributed by atoms with E-state index in [0.717, 1.165) is 4.90 Å². The number of phenols is 2. The fourth-order valence-electron chi connectivity index (χ4n) is 8.39. The smallest absolute Gasteiger partial charge is 0.326 e. The molecule has 1 saturated heterocycles. The quantitative estimate of drug-likeness (QED) is 0.0377. The van der Waals surface area contributed by atoms with Crippen molar-refractivity contribution in [3.8, 4) is 11.5 Å². The largest absolute Gasteiger partial charge is 0.508 e. The number of phenolic OH excluding ortho intramolecular Hbond substituents is 2. The Hall–Kier alpha value is -7.52. The van der Waals surface area contributed by atoms with Crippen molar-refractivity contribution in [1.29, 1.82) is 0 Å². The van der Waals surface area contributed by atoms with Gasteiger partial charge in [0, 0.05) is 32.2 Å². The van der Waals surface area contributed by atoms with Gasteiger partial charge in [-0.1, -0.05) is 58.4 Å². The molecular formula is C52H76N10O16S. The molecule has 0 aromatic heterocycles. The van der Waals surface area contributed by atoms with Gasteiger partial charge >= 0.3 is 11.9 Å². The van der Waals surface area contributed by atoms with Crippen LogP contribution in [-0.2, 0) is 65.6 Å². The summed E-state index contributed by atoms with van der Waals surface area (Å²) in [7, 11) is 0. The van der Waals surface area contributed by atoms with Crippen molar-refractivity contribution in [3.63, 3.8) is 0 Å². The molecule has 0 saturated carbocycles. The van der Waals surface area contributed by atoms with Crippen LogP contribution in [0.1, 0.15) is 90.2 Å². The van der Waals surface area contributed by atoms with Crippen LogP contribution >= 0.6 is 11.8 Å². The number of primary amides is 1. The number of aliphatic hydroxyl groups is 1. The topological polar surface area (TPSA) is 428 Å². The molecule has 1 heterocycles. The van der Waals surface area contributed by atoms with Gasteiger partial charge in [0.05, 0.1) is 12.6 Å². The lowest BCUT2D eigenvalue weighted by atomic mass is 9.96. The first-order chi connectivity index (χ1) is 37.3. The fraction of sp³-hybridized carbons (Fsp3) is 0.558. The zero-order valence-corrected chi connectivity index (χ0v) is 45.7. The highest BCUT2D eigenvalue weighted by Gasteiger charge is 2.41. The van der Waals surface area contributed by atoms with Gasteiger partial charge in [0.1, 0.15) is 59.8 Å². The molecule has 2 aromatic rings. The van der Waals surface area contributed by atoms with Gasteiger partial charge < -0.3 is 79.1 Å². The van der Waals surface area contributed by atoms with Gasteiger partial charge in [0.2, 0.25) is 53.2 Å². The van der Waals surface area contributed by atoms with E-state index >= 15 is 0 Å². The van der Waals surface area contributed by atoms with Crippen molar-refractivity contribution in [2.75, 3.05) is 25.2 Å². The second kappa shape index (κ2) is 32.4. The zero-order valence-electron chi connectivity index (χ0n) is 44.9. The number of aliphatic carboxylic acids is 2. The van der Waals surface area contributed by atoms with Crippen molar-refractivity contribution in [1.82, 2.24) is 42.1 Å². The Kier molecular flexibility index (Phi) is 27.0. The summed E-state index contributed by atoms with van der Waals surface area (Å²) >= 11 is 1.32. The molecule has 2 aromatic carbocycles. The summed E-state index contributed by atoms with van der Waals surface area (Å²) in [6.45, 7) is 5.59. The second-order valence-electron chi connectivity index (χ2n) is 19.7. The van der Waals surface area contributed by atoms with E-state index in [1.165, 1.54) is 60.3 Å². The van der Waals surface area contributed by atoms with Crippen LogP contribution in [0, 0.1) is 11.8 Å². The van der Waals surface area contributed by atoms with Crippen LogP contribution < -0.4 is 48.7 Å². The van der Waals surface area contributed by atoms with Gasteiger partial charge in [-0.25, -0.2) is 4.79 Å². The molecule has 0 aliphatic carbocycles. The Labute approximate surface area is 461 Å². The number of carbonyl (C=O) groups excluding carboxylic acids is 9. The molecule has 10 atom stereocenters. The van der Waals surface area contributed by atoms with Crippen molar-refractivity contribution in [2.24, 2.45) is 23.3 Å². The standard InChI is InChI=1S/C52H76N10O16S/c1-6-28(4)43(50(75)57-36(24-29-9-13-31(64)14-10-29)46(71)60-42(27(2)3)49(74)58-37(52(77)78)25-30-11-15-32(65)16-12-30)61-47(72)38(26-63)59-45(70)34(21-23-79-5)55-48(73)39-8-7-22-62(39)51(76)35(18-20-41(67)68)56-44(69)33(53)17-19-40(54)66/h9-16,27-28,33-39,42-43,63-65H,6-8,17-26,53H2,1-5H3,(H2,54,66)(H,55,73)(H,56,69)(H,57,75)(H,58,74)(H,59,70)(H,60,71)(H,61,72)(H,67,68)(H,77,78)/t28-,33-,34-,35-,36-,37-,38-,39-,42-,43-/m0/s1. The van der Waals surface area contributed by atoms with Crippen LogP contribution in [0.4, 0.5) is 0 Å². The van der Waals surface area contributed by atoms with E-state index in [1.807, 2.05) is 0 Å². The molecule has 1 aliphatic rings. The molecule has 3 rings (SSSR count). The molecule has 16 N–H and O–H groups in total. The molecule has 436 valence electrons. The molecule has 0 bridgehead atoms. The van der Waals surface area contributed by atoms with E-state index in [2.05, 4.69) is 37.2 Å². The third-order valence-electron chi connectivity index (χ3n) is 13.2. The van der Waals surface area contributed by atoms with E-state index in [4.69, 9.17) is 11.5 Å². The Bertz CT molecular complexity index is 2450. The number of nitrogens with two attached hydrogens (primary N) is 2. The number of aliphatic hydroxyl groups excluding tert-OH is 1. The van der Waals surface area contributed by atoms with Crippen LogP contribution in [0.25, 0.3) is 0 Å². The maximum atomic E-state index is 14.3. The van der Waals surface area contributed by atoms with Gasteiger partial charge in [-0.15, -0.1) is 0 Å². The lowest BCUT2D eigenvalue weighted by molar-refractivity contribution is -0.143. The van der Waals surface area contributed by atoms with Gasteiger partial charge in [0.25, 0.3) is 0 Å². The monoisotopic (exact) mass is 1130 g/mol. The van der Waals surface area contributed by atoms with Crippen LogP contribution in [0.15, 0.2) is 48.5 Å². The number of rotatable bonds is 33. The Morgan fingerprint density at radius 3 is 1.66 bits per heavy atom. The Balaban J connectivity index is 1.82. The third kappa shape index (κ3) is 21.3. The molecule has 1 fully saturated rings. The predicted molar refractivity (Wildman–Crippen MR) is 287 cm³/mol. The van der Waals surface area contributed by atoms with Gasteiger partial charge in [-0.05, 0) is 91.3 Å². The minimum Gasteiger partial charge on any atom is -0.508 e. The minimum absolute atomic E-state index is 0.00131. The fourth-order valence-corrected chi connectivity index (χ4v) is 8.86. The highest BCUT2D eigenvalue weighted by atomic mass is 32.2. The molecule has 1 aliphatic heterocycles. The number of nitrogens with zero attached hydrogens (tertiary/aromatic N) is 1. The summed E-state index contributed by atoms with van der Waals surface area (Å²) in [5, 5.41) is 67.2. The van der Waals surface area contributed by atoms with Gasteiger partial charge in [0.15, 0.2) is 0 Å². The molecular weight excluding hydrogens is 1050 g/mol. The molecule has 26 nitrogen and oxygen atoms in total. The summed E-state index contributed by atoms with van der Waals surface area (Å²) < 4.78 is 0. The number of aromatic hydroxyl groups is 2. The average molecular weight is 1130 g/mol. The van der Waals surface area contributed by atoms with Crippen LogP contribution in [0.3, 0.4) is 0 Å². The van der Waals surface area contributed by atoms with E-state index in [-0.39, 0.29) is 69.4 Å². The number of amides is 9. The van der Waals surface area contributed by atoms with E-state index in [1.54, 1.807) is 34.0 Å². The van der Waals surface area contributed by atoms with Crippen molar-refractivity contribution < 1.29 is 78.3 Å². The number of carboxylic acids is 2. The Morgan fingerprint density at radius 1 is 0.633 bits per heavy atom. The first-order valence-corrected chi connectivity index (χ1v) is 27.3. The summed E-state index contributed by atoms with van der Waals surface area (Å²) in [5.41, 5.74) is 12.0. The summed E-state index contributed by atoms with van der Waals surface area (Å²) in [5.74, 6) is -11.4. The lowest BCUT2D eigenvalue weighted by Gasteiger charge is -2.31. The van der Waals surface area contributed by atoms with Gasteiger partial charge in [-0.2, -0.15) is 11.8 Å². The van der Waals surface area contributed by atoms with Gasteiger partial charge in [-0.3, -0.25) is 47.9 Å². The van der Waals surface area contributed by atoms with Crippen LogP contribution in [0.5, 0.6) is 11.5 Å². The number of benzene rings is 2. The number of carboxylic acid groups (broad SMARTS) is 2. The molecule has 0 unspecified atom stereocenters. The van der Waals surface area contributed by atoms with E-state index < -0.39 is 144 Å². The summed E-state index contributed by atoms with van der Waals surface area (Å²) in [6.07, 6.45) is 0.808. The van der Waals surface area contributed by atoms with Crippen LogP contribution in [-0.4, -0.2) is 175 Å². The highest BCUT2D eigenvalue weighted by molar-refractivity contribution is 7.98. The zero-order chi connectivity index (χ0) is 59.1. The van der Waals surface area contributed by atoms with Crippen molar-refractivity contribution in [3.05, 3.63) is 59.7 Å². The first-order valence-electron chi connectivity index (χ1n) is 25.9. The third-order valence-corrected chi connectivity index (χ3v) is 13.9. The maximum Gasteiger partial charge on any atom is 0.326 e. The summed E-state index contributed by atoms with van der Waals surface area (Å²) in [4.78, 5) is 147. The molecule has 0 radical (unpaired) electrons. The lowest BCUT2D eigenvalue weighted by Crippen LogP contribution is -2.62. The number of hydrogen-bond acceptors (Lipinski definition) is 16. The average Bonchev–Trinajstić information content (AvgIpc) is 3.93. The number of carbonyl (C=O) groups is 11. The molecule has 79 heavy (non-hydrogen) atoms. The Morgan fingerprint density at radius 2 is 1.14 bits per heavy atom. The second-order valence-corrected chi connectivity index (χ2v) is 20.7. The predicted octanol–water partition coefficient (Wildman–Crippen LogP) is -1.74. The number of nitrogens with one attached hydrogen (secondary N) is 7. The highest BCUT2D eigenvalue weighted by Crippen LogP contribution is 2.21. The summed E-state index contributed by atoms with van der Waals surface area (Å²) in [6, 6.07) is -1.16. The van der Waals surface area contributed by atoms with Crippen molar-refractivity contribution >= 4 is 76.9 Å². The molecule has 9 amide bonds. The maximum absolute atomic E-state index is 14.3. The normalized spacial score (nSPS) is 16.5. The SMILES string of the molecule is CC[C@H](C)[C@H](NC(=O)[C@H](CO)NC(=O)[C@H](CCSC)NC(=O)[C@@H]1CCCN1C(=O)[C@H](CCC(=O)O)NC(=O)[C@@H](N)CCC(N)=O)C(=O)N[C@@H](Cc1ccc(O)cc1)C(=O)N[C@H](C(=O)N[C@@H](Cc1ccc(O)cc1)C(=O)O)C(C)C.